The fraction of sp³-hybridized carbons (Fsp3) is 1.00. The van der Waals surface area contributed by atoms with Crippen LogP contribution in [0.2, 0.25) is 0 Å². The molecule has 0 atom stereocenters. The molecule has 0 aromatic heterocycles. The molecule has 0 bridgehead atoms. The summed E-state index contributed by atoms with van der Waals surface area (Å²) >= 11 is 3.43. The van der Waals surface area contributed by atoms with Crippen molar-refractivity contribution < 1.29 is 0 Å². The highest BCUT2D eigenvalue weighted by Gasteiger charge is 1.93. The summed E-state index contributed by atoms with van der Waals surface area (Å²) in [6.45, 7) is 0. The van der Waals surface area contributed by atoms with E-state index in [0.29, 0.717) is 0 Å². The monoisotopic (exact) mass is 122 g/mol. The highest BCUT2D eigenvalue weighted by Crippen LogP contribution is 2.03. The molecule has 0 radical (unpaired) electrons. The minimum Gasteiger partial charge on any atom is -0.191 e. The van der Waals surface area contributed by atoms with Crippen LogP contribution in [-0.2, 0) is 0 Å². The molecule has 1 rings (SSSR count). The van der Waals surface area contributed by atoms with Crippen molar-refractivity contribution >= 4 is 23.9 Å². The van der Waals surface area contributed by atoms with Gasteiger partial charge in [-0.05, 0) is 0 Å². The lowest BCUT2D eigenvalue weighted by Gasteiger charge is -2.09. The molecule has 0 aromatic carbocycles. The molecule has 0 aliphatic carbocycles. The fourth-order valence-corrected chi connectivity index (χ4v) is 1.59. The Morgan fingerprint density at radius 1 is 1.00 bits per heavy atom. The topological polar surface area (TPSA) is 24.1 Å². The van der Waals surface area contributed by atoms with Gasteiger partial charge < -0.3 is 0 Å². The molecule has 1 heterocycles. The Kier molecular flexibility index (Phi) is 2.18. The molecule has 0 unspecified atom stereocenters. The molecule has 0 aromatic rings. The molecule has 1 saturated heterocycles. The second kappa shape index (κ2) is 2.74. The summed E-state index contributed by atoms with van der Waals surface area (Å²) in [5.74, 6) is 2.41. The maximum atomic E-state index is 2.91. The van der Waals surface area contributed by atoms with Crippen molar-refractivity contribution in [2.24, 2.45) is 0 Å². The predicted molar refractivity (Wildman–Crippen MR) is 31.2 cm³/mol. The van der Waals surface area contributed by atoms with E-state index in [-0.39, 0.29) is 0 Å². The zero-order valence-corrected chi connectivity index (χ0v) is 4.86. The Morgan fingerprint density at radius 2 is 1.50 bits per heavy atom. The highest BCUT2D eigenvalue weighted by atomic mass is 32.2. The van der Waals surface area contributed by atoms with Gasteiger partial charge in [-0.3, -0.25) is 0 Å². The van der Waals surface area contributed by atoms with E-state index < -0.39 is 0 Å². The van der Waals surface area contributed by atoms with Crippen molar-refractivity contribution in [1.82, 2.24) is 9.66 Å². The van der Waals surface area contributed by atoms with Gasteiger partial charge in [0.05, 0.1) is 0 Å². The second-order valence-electron chi connectivity index (χ2n) is 0.901. The molecule has 4 heteroatoms. The van der Waals surface area contributed by atoms with E-state index in [1.54, 1.807) is 23.9 Å². The molecule has 2 nitrogen and oxygen atoms in total. The van der Waals surface area contributed by atoms with E-state index in [0.717, 1.165) is 0 Å². The van der Waals surface area contributed by atoms with Crippen LogP contribution in [-0.4, -0.2) is 11.5 Å². The summed E-state index contributed by atoms with van der Waals surface area (Å²) < 4.78 is 0. The van der Waals surface area contributed by atoms with Crippen LogP contribution in [0.4, 0.5) is 0 Å². The smallest absolute Gasteiger partial charge is 0.0195 e. The summed E-state index contributed by atoms with van der Waals surface area (Å²) in [7, 11) is 0. The average molecular weight is 122 g/mol. The van der Waals surface area contributed by atoms with Crippen molar-refractivity contribution in [1.29, 1.82) is 0 Å². The van der Waals surface area contributed by atoms with Crippen molar-refractivity contribution in [3.8, 4) is 0 Å². The predicted octanol–water partition coefficient (Wildman–Crippen LogP) is 0.391. The normalized spacial score (nSPS) is 24.0. The van der Waals surface area contributed by atoms with Gasteiger partial charge >= 0.3 is 0 Å². The average Bonchev–Trinajstić information content (AvgIpc) is 1.72. The number of rotatable bonds is 0. The van der Waals surface area contributed by atoms with Gasteiger partial charge in [0.1, 0.15) is 0 Å². The van der Waals surface area contributed by atoms with Crippen molar-refractivity contribution in [2.75, 3.05) is 11.5 Å². The molecule has 0 amide bonds. The van der Waals surface area contributed by atoms with E-state index in [9.17, 15) is 0 Å². The van der Waals surface area contributed by atoms with Gasteiger partial charge in [-0.1, -0.05) is 23.9 Å². The summed E-state index contributed by atoms with van der Waals surface area (Å²) in [6, 6.07) is 0. The number of nitrogens with one attached hydrogen (secondary N) is 2. The summed E-state index contributed by atoms with van der Waals surface area (Å²) in [5.41, 5.74) is 0. The molecule has 0 spiro atoms. The van der Waals surface area contributed by atoms with Crippen LogP contribution in [0.5, 0.6) is 0 Å². The number of hydrazine groups is 1. The van der Waals surface area contributed by atoms with Gasteiger partial charge in [-0.25, -0.2) is 0 Å². The Hall–Kier alpha value is 0.620. The molecular weight excluding hydrogens is 116 g/mol. The molecule has 36 valence electrons. The summed E-state index contributed by atoms with van der Waals surface area (Å²) in [5, 5.41) is 0. The number of hydrogen-bond acceptors (Lipinski definition) is 4. The second-order valence-corrected chi connectivity index (χ2v) is 2.70. The van der Waals surface area contributed by atoms with E-state index in [2.05, 4.69) is 9.66 Å². The van der Waals surface area contributed by atoms with Crippen LogP contribution in [0, 0.1) is 0 Å². The highest BCUT2D eigenvalue weighted by molar-refractivity contribution is 8.03. The van der Waals surface area contributed by atoms with E-state index >= 15 is 0 Å². The third-order valence-corrected chi connectivity index (χ3v) is 2.17. The molecular formula is C2H6N2S2. The van der Waals surface area contributed by atoms with Gasteiger partial charge in [-0.15, -0.1) is 0 Å². The minimum atomic E-state index is 1.21. The first-order chi connectivity index (χ1) is 3.00. The van der Waals surface area contributed by atoms with Crippen LogP contribution in [0.3, 0.4) is 0 Å². The Labute approximate surface area is 45.7 Å². The van der Waals surface area contributed by atoms with Gasteiger partial charge in [-0.2, -0.15) is 9.66 Å². The maximum absolute atomic E-state index is 2.91. The van der Waals surface area contributed by atoms with Gasteiger partial charge in [0.15, 0.2) is 0 Å². The molecule has 0 saturated carbocycles. The Balaban J connectivity index is 2.00. The minimum absolute atomic E-state index is 1.21. The third-order valence-electron chi connectivity index (χ3n) is 0.473. The van der Waals surface area contributed by atoms with E-state index in [1.165, 1.54) is 11.5 Å². The van der Waals surface area contributed by atoms with Crippen molar-refractivity contribution in [2.45, 2.75) is 0 Å². The largest absolute Gasteiger partial charge is 0.191 e. The van der Waals surface area contributed by atoms with Crippen LogP contribution in [0.1, 0.15) is 0 Å². The lowest BCUT2D eigenvalue weighted by Crippen LogP contribution is -2.23. The van der Waals surface area contributed by atoms with Crippen LogP contribution >= 0.6 is 23.9 Å². The lowest BCUT2D eigenvalue weighted by molar-refractivity contribution is 0.985. The lowest BCUT2D eigenvalue weighted by atomic mass is 11.0. The zero-order chi connectivity index (χ0) is 4.24. The SMILES string of the molecule is C1CSNNS1. The molecule has 6 heavy (non-hydrogen) atoms. The standard InChI is InChI=1S/C2H6N2S2/c1-2-6-4-3-5-1/h3-4H,1-2H2. The van der Waals surface area contributed by atoms with Gasteiger partial charge in [0.2, 0.25) is 0 Å². The van der Waals surface area contributed by atoms with E-state index in [1.807, 2.05) is 0 Å². The third kappa shape index (κ3) is 1.38. The van der Waals surface area contributed by atoms with Crippen molar-refractivity contribution in [3.63, 3.8) is 0 Å². The molecule has 1 fully saturated rings. The molecule has 1 aliphatic heterocycles. The van der Waals surface area contributed by atoms with Crippen LogP contribution in [0.25, 0.3) is 0 Å². The fourth-order valence-electron chi connectivity index (χ4n) is 0.244. The Bertz CT molecular complexity index is 25.0. The van der Waals surface area contributed by atoms with Gasteiger partial charge in [0, 0.05) is 11.5 Å². The Morgan fingerprint density at radius 3 is 1.67 bits per heavy atom. The maximum Gasteiger partial charge on any atom is 0.0195 e. The first kappa shape index (κ1) is 4.77. The number of hydrogen-bond donors (Lipinski definition) is 2. The first-order valence-electron chi connectivity index (χ1n) is 1.74. The first-order valence-corrected chi connectivity index (χ1v) is 3.71. The van der Waals surface area contributed by atoms with Gasteiger partial charge in [0.25, 0.3) is 0 Å². The summed E-state index contributed by atoms with van der Waals surface area (Å²) in [4.78, 5) is 5.83. The van der Waals surface area contributed by atoms with E-state index in [4.69, 9.17) is 0 Å². The summed E-state index contributed by atoms with van der Waals surface area (Å²) in [6.07, 6.45) is 0. The van der Waals surface area contributed by atoms with Crippen LogP contribution in [0.15, 0.2) is 0 Å². The zero-order valence-electron chi connectivity index (χ0n) is 3.23. The quantitative estimate of drug-likeness (QED) is 0.454. The molecule has 2 N–H and O–H groups in total. The van der Waals surface area contributed by atoms with Crippen molar-refractivity contribution in [3.05, 3.63) is 0 Å². The van der Waals surface area contributed by atoms with Crippen LogP contribution < -0.4 is 9.66 Å². The molecule has 1 aliphatic rings.